The van der Waals surface area contributed by atoms with E-state index in [1.165, 1.54) is 17.4 Å². The Balaban J connectivity index is 1.52. The number of nitrogens with one attached hydrogen (secondary N) is 1. The lowest BCUT2D eigenvalue weighted by Gasteiger charge is -2.36. The van der Waals surface area contributed by atoms with Crippen LogP contribution >= 0.6 is 35.0 Å². The van der Waals surface area contributed by atoms with Crippen LogP contribution in [0.5, 0.6) is 0 Å². The van der Waals surface area contributed by atoms with Gasteiger partial charge < -0.3 is 15.1 Å². The molecule has 1 aliphatic rings. The fourth-order valence-corrected chi connectivity index (χ4v) is 4.28. The van der Waals surface area contributed by atoms with E-state index in [2.05, 4.69) is 32.0 Å². The van der Waals surface area contributed by atoms with Crippen molar-refractivity contribution in [2.24, 2.45) is 0 Å². The summed E-state index contributed by atoms with van der Waals surface area (Å²) in [6.45, 7) is 6.28. The molecule has 1 saturated heterocycles. The van der Waals surface area contributed by atoms with Crippen molar-refractivity contribution in [2.45, 2.75) is 31.3 Å². The Morgan fingerprint density at radius 1 is 1.07 bits per heavy atom. The SMILES string of the molecule is CCCCCNC(=O)CSc1nc(Cl)cc(N2CCN(c3ccc(Cl)cc3)CC2)n1. The number of unbranched alkanes of at least 4 members (excludes halogenated alkanes) is 2. The molecule has 1 aliphatic heterocycles. The first-order chi connectivity index (χ1) is 14.5. The lowest BCUT2D eigenvalue weighted by Crippen LogP contribution is -2.46. The molecule has 0 saturated carbocycles. The van der Waals surface area contributed by atoms with Crippen LogP contribution in [0.3, 0.4) is 0 Å². The molecule has 9 heteroatoms. The van der Waals surface area contributed by atoms with Crippen LogP contribution in [-0.2, 0) is 4.79 Å². The Hall–Kier alpha value is -1.70. The van der Waals surface area contributed by atoms with Crippen LogP contribution in [0.15, 0.2) is 35.5 Å². The first-order valence-electron chi connectivity index (χ1n) is 10.2. The van der Waals surface area contributed by atoms with Gasteiger partial charge in [-0.05, 0) is 30.7 Å². The number of piperazine rings is 1. The van der Waals surface area contributed by atoms with Gasteiger partial charge in [-0.2, -0.15) is 0 Å². The van der Waals surface area contributed by atoms with E-state index in [1.54, 1.807) is 6.07 Å². The molecule has 1 N–H and O–H groups in total. The zero-order valence-corrected chi connectivity index (χ0v) is 19.4. The predicted molar refractivity (Wildman–Crippen MR) is 126 cm³/mol. The largest absolute Gasteiger partial charge is 0.368 e. The molecule has 2 heterocycles. The molecule has 162 valence electrons. The summed E-state index contributed by atoms with van der Waals surface area (Å²) in [5.74, 6) is 1.09. The number of benzene rings is 1. The van der Waals surface area contributed by atoms with Crippen molar-refractivity contribution in [1.29, 1.82) is 0 Å². The maximum Gasteiger partial charge on any atom is 0.230 e. The molecule has 6 nitrogen and oxygen atoms in total. The zero-order chi connectivity index (χ0) is 21.3. The highest BCUT2D eigenvalue weighted by atomic mass is 35.5. The summed E-state index contributed by atoms with van der Waals surface area (Å²) >= 11 is 13.5. The summed E-state index contributed by atoms with van der Waals surface area (Å²) in [6, 6.07) is 9.70. The minimum atomic E-state index is -0.00203. The normalized spacial score (nSPS) is 14.1. The lowest BCUT2D eigenvalue weighted by atomic mass is 10.2. The number of rotatable bonds is 9. The third-order valence-corrected chi connectivity index (χ3v) is 6.18. The number of amides is 1. The van der Waals surface area contributed by atoms with E-state index in [0.29, 0.717) is 16.9 Å². The van der Waals surface area contributed by atoms with Crippen LogP contribution in [0.1, 0.15) is 26.2 Å². The molecule has 1 fully saturated rings. The highest BCUT2D eigenvalue weighted by molar-refractivity contribution is 7.99. The van der Waals surface area contributed by atoms with Gasteiger partial charge in [-0.1, -0.05) is 54.7 Å². The first-order valence-corrected chi connectivity index (χ1v) is 12.0. The maximum atomic E-state index is 12.0. The highest BCUT2D eigenvalue weighted by Gasteiger charge is 2.20. The van der Waals surface area contributed by atoms with Gasteiger partial charge in [0.2, 0.25) is 5.91 Å². The van der Waals surface area contributed by atoms with Crippen molar-refractivity contribution in [3.05, 3.63) is 40.5 Å². The Kier molecular flexibility index (Phi) is 8.90. The third-order valence-electron chi connectivity index (χ3n) is 4.89. The Labute approximate surface area is 192 Å². The molecule has 0 aliphatic carbocycles. The van der Waals surface area contributed by atoms with E-state index < -0.39 is 0 Å². The number of nitrogens with zero attached hydrogens (tertiary/aromatic N) is 4. The van der Waals surface area contributed by atoms with Gasteiger partial charge in [-0.3, -0.25) is 4.79 Å². The van der Waals surface area contributed by atoms with Gasteiger partial charge in [0, 0.05) is 49.5 Å². The Morgan fingerprint density at radius 2 is 1.77 bits per heavy atom. The predicted octanol–water partition coefficient (Wildman–Crippen LogP) is 4.51. The first kappa shape index (κ1) is 23.0. The summed E-state index contributed by atoms with van der Waals surface area (Å²) in [6.07, 6.45) is 3.27. The number of anilines is 2. The number of halogens is 2. The fraction of sp³-hybridized carbons (Fsp3) is 0.476. The topological polar surface area (TPSA) is 61.4 Å². The van der Waals surface area contributed by atoms with Crippen LogP contribution in [0.4, 0.5) is 11.5 Å². The second-order valence-electron chi connectivity index (χ2n) is 7.13. The van der Waals surface area contributed by atoms with Gasteiger partial charge in [0.1, 0.15) is 11.0 Å². The van der Waals surface area contributed by atoms with E-state index in [9.17, 15) is 4.79 Å². The molecule has 3 rings (SSSR count). The average molecular weight is 468 g/mol. The molecule has 1 aromatic carbocycles. The van der Waals surface area contributed by atoms with Crippen molar-refractivity contribution < 1.29 is 4.79 Å². The molecular weight excluding hydrogens is 441 g/mol. The summed E-state index contributed by atoms with van der Waals surface area (Å²) in [5.41, 5.74) is 1.17. The number of thioether (sulfide) groups is 1. The number of hydrogen-bond acceptors (Lipinski definition) is 6. The van der Waals surface area contributed by atoms with Crippen LogP contribution < -0.4 is 15.1 Å². The van der Waals surface area contributed by atoms with Gasteiger partial charge in [-0.25, -0.2) is 9.97 Å². The van der Waals surface area contributed by atoms with E-state index in [4.69, 9.17) is 23.2 Å². The number of carbonyl (C=O) groups excluding carboxylic acids is 1. The van der Waals surface area contributed by atoms with Crippen LogP contribution in [0.2, 0.25) is 10.2 Å². The van der Waals surface area contributed by atoms with Crippen molar-refractivity contribution in [2.75, 3.05) is 48.3 Å². The van der Waals surface area contributed by atoms with Crippen LogP contribution in [0, 0.1) is 0 Å². The average Bonchev–Trinajstić information content (AvgIpc) is 2.76. The zero-order valence-electron chi connectivity index (χ0n) is 17.1. The smallest absolute Gasteiger partial charge is 0.230 e. The van der Waals surface area contributed by atoms with E-state index in [0.717, 1.165) is 56.3 Å². The summed E-state index contributed by atoms with van der Waals surface area (Å²) < 4.78 is 0. The number of carbonyl (C=O) groups is 1. The van der Waals surface area contributed by atoms with Gasteiger partial charge >= 0.3 is 0 Å². The van der Waals surface area contributed by atoms with E-state index in [1.807, 2.05) is 24.3 Å². The molecule has 0 unspecified atom stereocenters. The third kappa shape index (κ3) is 6.93. The second-order valence-corrected chi connectivity index (χ2v) is 8.89. The molecule has 30 heavy (non-hydrogen) atoms. The van der Waals surface area contributed by atoms with Crippen LogP contribution in [-0.4, -0.2) is 54.4 Å². The van der Waals surface area contributed by atoms with Crippen molar-refractivity contribution in [3.8, 4) is 0 Å². The quantitative estimate of drug-likeness (QED) is 0.253. The number of hydrogen-bond donors (Lipinski definition) is 1. The second kappa shape index (κ2) is 11.6. The summed E-state index contributed by atoms with van der Waals surface area (Å²) in [5, 5.41) is 4.60. The molecule has 0 spiro atoms. The van der Waals surface area contributed by atoms with E-state index >= 15 is 0 Å². The lowest BCUT2D eigenvalue weighted by molar-refractivity contribution is -0.118. The molecule has 2 aromatic rings. The van der Waals surface area contributed by atoms with Crippen molar-refractivity contribution in [3.63, 3.8) is 0 Å². The van der Waals surface area contributed by atoms with Crippen LogP contribution in [0.25, 0.3) is 0 Å². The van der Waals surface area contributed by atoms with Gasteiger partial charge in [-0.15, -0.1) is 0 Å². The van der Waals surface area contributed by atoms with Crippen molar-refractivity contribution >= 4 is 52.4 Å². The molecule has 0 atom stereocenters. The minimum absolute atomic E-state index is 0.00203. The van der Waals surface area contributed by atoms with Gasteiger partial charge in [0.25, 0.3) is 0 Å². The summed E-state index contributed by atoms with van der Waals surface area (Å²) in [7, 11) is 0. The standard InChI is InChI=1S/C21H27Cl2N5OS/c1-2-3-4-9-24-20(29)15-30-21-25-18(23)14-19(26-21)28-12-10-27(11-13-28)17-7-5-16(22)6-8-17/h5-8,14H,2-4,9-13,15H2,1H3,(H,24,29). The van der Waals surface area contributed by atoms with Gasteiger partial charge in [0.15, 0.2) is 5.16 Å². The molecule has 0 radical (unpaired) electrons. The fourth-order valence-electron chi connectivity index (χ4n) is 3.24. The highest BCUT2D eigenvalue weighted by Crippen LogP contribution is 2.24. The van der Waals surface area contributed by atoms with E-state index in [-0.39, 0.29) is 11.7 Å². The Bertz CT molecular complexity index is 829. The summed E-state index contributed by atoms with van der Waals surface area (Å²) in [4.78, 5) is 25.4. The molecule has 1 amide bonds. The maximum absolute atomic E-state index is 12.0. The molecule has 1 aromatic heterocycles. The van der Waals surface area contributed by atoms with Gasteiger partial charge in [0.05, 0.1) is 5.75 Å². The monoisotopic (exact) mass is 467 g/mol. The Morgan fingerprint density at radius 3 is 2.47 bits per heavy atom. The molecular formula is C21H27Cl2N5OS. The minimum Gasteiger partial charge on any atom is -0.368 e. The molecule has 0 bridgehead atoms. The van der Waals surface area contributed by atoms with Crippen molar-refractivity contribution in [1.82, 2.24) is 15.3 Å². The number of aromatic nitrogens is 2.